The zero-order valence-electron chi connectivity index (χ0n) is 11.4. The van der Waals surface area contributed by atoms with E-state index in [1.165, 1.54) is 4.90 Å². The third kappa shape index (κ3) is 6.43. The first-order valence-corrected chi connectivity index (χ1v) is 5.41. The molecule has 0 heterocycles. The van der Waals surface area contributed by atoms with Gasteiger partial charge in [0.2, 0.25) is 0 Å². The Balaban J connectivity index is 4.40. The van der Waals surface area contributed by atoms with Crippen molar-refractivity contribution >= 4 is 11.9 Å². The van der Waals surface area contributed by atoms with Crippen LogP contribution in [0.5, 0.6) is 0 Å². The van der Waals surface area contributed by atoms with E-state index < -0.39 is 17.5 Å². The molecule has 0 saturated heterocycles. The summed E-state index contributed by atoms with van der Waals surface area (Å²) in [6, 6.07) is 0. The summed E-state index contributed by atoms with van der Waals surface area (Å²) >= 11 is 0. The molecule has 0 unspecified atom stereocenters. The Labute approximate surface area is 98.0 Å². The number of ether oxygens (including phenoxy) is 1. The molecule has 16 heavy (non-hydrogen) atoms. The molecule has 0 spiro atoms. The van der Waals surface area contributed by atoms with Crippen molar-refractivity contribution in [3.05, 3.63) is 0 Å². The van der Waals surface area contributed by atoms with Crippen molar-refractivity contribution in [2.45, 2.75) is 47.1 Å². The summed E-state index contributed by atoms with van der Waals surface area (Å²) in [5, 5.41) is 0. The Bertz CT molecular complexity index is 271. The van der Waals surface area contributed by atoms with Crippen molar-refractivity contribution in [3.63, 3.8) is 0 Å². The Morgan fingerprint density at radius 1 is 1.06 bits per heavy atom. The number of likely N-dealkylation sites (N-methyl/N-ethyl adjacent to an activating group) is 1. The van der Waals surface area contributed by atoms with Crippen LogP contribution < -0.4 is 0 Å². The monoisotopic (exact) mass is 229 g/mol. The van der Waals surface area contributed by atoms with Gasteiger partial charge in [-0.1, -0.05) is 20.8 Å². The van der Waals surface area contributed by atoms with Gasteiger partial charge in [-0.15, -0.1) is 0 Å². The van der Waals surface area contributed by atoms with Crippen LogP contribution >= 0.6 is 0 Å². The summed E-state index contributed by atoms with van der Waals surface area (Å²) in [5.74, 6) is -1.39. The highest BCUT2D eigenvalue weighted by Gasteiger charge is 2.27. The minimum Gasteiger partial charge on any atom is -0.453 e. The SMILES string of the molecule is CN(CC(C)(C)C)C(=O)C(=O)OC(C)(C)C. The Hall–Kier alpha value is -1.06. The molecule has 0 radical (unpaired) electrons. The summed E-state index contributed by atoms with van der Waals surface area (Å²) in [6.45, 7) is 11.8. The van der Waals surface area contributed by atoms with Gasteiger partial charge in [-0.25, -0.2) is 4.79 Å². The molecule has 0 atom stereocenters. The van der Waals surface area contributed by atoms with E-state index >= 15 is 0 Å². The predicted octanol–water partition coefficient (Wildman–Crippen LogP) is 1.83. The Kier molecular flexibility index (Phi) is 4.53. The summed E-state index contributed by atoms with van der Waals surface area (Å²) in [4.78, 5) is 24.5. The van der Waals surface area contributed by atoms with Crippen LogP contribution in [-0.2, 0) is 14.3 Å². The molecule has 0 aromatic heterocycles. The van der Waals surface area contributed by atoms with Crippen LogP contribution in [0.1, 0.15) is 41.5 Å². The third-order valence-corrected chi connectivity index (χ3v) is 1.63. The van der Waals surface area contributed by atoms with E-state index in [9.17, 15) is 9.59 Å². The van der Waals surface area contributed by atoms with E-state index in [1.807, 2.05) is 20.8 Å². The molecule has 0 bridgehead atoms. The maximum atomic E-state index is 11.6. The molecule has 0 saturated carbocycles. The lowest BCUT2D eigenvalue weighted by Gasteiger charge is -2.27. The van der Waals surface area contributed by atoms with Crippen LogP contribution in [-0.4, -0.2) is 36.0 Å². The highest BCUT2D eigenvalue weighted by atomic mass is 16.6. The largest absolute Gasteiger partial charge is 0.453 e. The molecular formula is C12H23NO3. The fourth-order valence-corrected chi connectivity index (χ4v) is 1.26. The van der Waals surface area contributed by atoms with Crippen molar-refractivity contribution in [2.75, 3.05) is 13.6 Å². The number of rotatable bonds is 1. The minimum absolute atomic E-state index is 0.0353. The highest BCUT2D eigenvalue weighted by Crippen LogP contribution is 2.15. The summed E-state index contributed by atoms with van der Waals surface area (Å²) < 4.78 is 5.00. The van der Waals surface area contributed by atoms with Gasteiger partial charge in [0.1, 0.15) is 5.60 Å². The first-order chi connectivity index (χ1) is 6.92. The average Bonchev–Trinajstić information content (AvgIpc) is 1.96. The first kappa shape index (κ1) is 14.9. The fourth-order valence-electron chi connectivity index (χ4n) is 1.26. The van der Waals surface area contributed by atoms with E-state index in [1.54, 1.807) is 27.8 Å². The predicted molar refractivity (Wildman–Crippen MR) is 62.9 cm³/mol. The van der Waals surface area contributed by atoms with Crippen LogP contribution in [0.15, 0.2) is 0 Å². The number of nitrogens with zero attached hydrogens (tertiary/aromatic N) is 1. The van der Waals surface area contributed by atoms with Gasteiger partial charge in [-0.3, -0.25) is 4.79 Å². The van der Waals surface area contributed by atoms with Gasteiger partial charge in [0.05, 0.1) is 0 Å². The average molecular weight is 229 g/mol. The van der Waals surface area contributed by atoms with E-state index in [0.717, 1.165) is 0 Å². The minimum atomic E-state index is -0.792. The topological polar surface area (TPSA) is 46.6 Å². The van der Waals surface area contributed by atoms with E-state index in [2.05, 4.69) is 0 Å². The molecule has 0 aromatic rings. The summed E-state index contributed by atoms with van der Waals surface area (Å²) in [5.41, 5.74) is -0.665. The van der Waals surface area contributed by atoms with E-state index in [0.29, 0.717) is 6.54 Å². The molecular weight excluding hydrogens is 206 g/mol. The molecule has 4 nitrogen and oxygen atoms in total. The van der Waals surface area contributed by atoms with Crippen molar-refractivity contribution in [1.29, 1.82) is 0 Å². The standard InChI is InChI=1S/C12H23NO3/c1-11(2,3)8-13(7)9(14)10(15)16-12(4,5)6/h8H2,1-7H3. The number of hydrogen-bond acceptors (Lipinski definition) is 3. The van der Waals surface area contributed by atoms with Gasteiger partial charge in [0.15, 0.2) is 0 Å². The van der Waals surface area contributed by atoms with E-state index in [-0.39, 0.29) is 5.41 Å². The quantitative estimate of drug-likeness (QED) is 0.509. The van der Waals surface area contributed by atoms with Crippen LogP contribution in [0, 0.1) is 5.41 Å². The van der Waals surface area contributed by atoms with Gasteiger partial charge in [0.25, 0.3) is 0 Å². The molecule has 0 rings (SSSR count). The molecule has 0 fully saturated rings. The van der Waals surface area contributed by atoms with E-state index in [4.69, 9.17) is 4.74 Å². The molecule has 0 aromatic carbocycles. The van der Waals surface area contributed by atoms with Crippen LogP contribution in [0.25, 0.3) is 0 Å². The van der Waals surface area contributed by atoms with Crippen molar-refractivity contribution in [1.82, 2.24) is 4.90 Å². The first-order valence-electron chi connectivity index (χ1n) is 5.41. The molecule has 94 valence electrons. The van der Waals surface area contributed by atoms with Gasteiger partial charge < -0.3 is 9.64 Å². The number of hydrogen-bond donors (Lipinski definition) is 0. The van der Waals surface area contributed by atoms with Crippen LogP contribution in [0.3, 0.4) is 0 Å². The van der Waals surface area contributed by atoms with Crippen LogP contribution in [0.4, 0.5) is 0 Å². The zero-order valence-corrected chi connectivity index (χ0v) is 11.4. The van der Waals surface area contributed by atoms with Crippen molar-refractivity contribution in [3.8, 4) is 0 Å². The molecule has 1 amide bonds. The van der Waals surface area contributed by atoms with Gasteiger partial charge in [-0.05, 0) is 26.2 Å². The third-order valence-electron chi connectivity index (χ3n) is 1.63. The summed E-state index contributed by atoms with van der Waals surface area (Å²) in [7, 11) is 1.61. The Morgan fingerprint density at radius 2 is 1.50 bits per heavy atom. The number of carbonyl (C=O) groups excluding carboxylic acids is 2. The summed E-state index contributed by atoms with van der Waals surface area (Å²) in [6.07, 6.45) is 0. The molecule has 0 aliphatic heterocycles. The smallest absolute Gasteiger partial charge is 0.397 e. The number of carbonyl (C=O) groups is 2. The molecule has 0 N–H and O–H groups in total. The lowest BCUT2D eigenvalue weighted by Crippen LogP contribution is -2.41. The lowest BCUT2D eigenvalue weighted by atomic mass is 9.96. The van der Waals surface area contributed by atoms with Crippen molar-refractivity contribution < 1.29 is 14.3 Å². The zero-order chi connectivity index (χ0) is 13.1. The van der Waals surface area contributed by atoms with Crippen molar-refractivity contribution in [2.24, 2.45) is 5.41 Å². The maximum absolute atomic E-state index is 11.6. The molecule has 0 aliphatic rings. The highest BCUT2D eigenvalue weighted by molar-refractivity contribution is 6.32. The van der Waals surface area contributed by atoms with Gasteiger partial charge in [-0.2, -0.15) is 0 Å². The fraction of sp³-hybridized carbons (Fsp3) is 0.833. The Morgan fingerprint density at radius 3 is 1.81 bits per heavy atom. The number of esters is 1. The van der Waals surface area contributed by atoms with Gasteiger partial charge >= 0.3 is 11.9 Å². The second kappa shape index (κ2) is 4.85. The van der Waals surface area contributed by atoms with Gasteiger partial charge in [0, 0.05) is 13.6 Å². The van der Waals surface area contributed by atoms with Crippen LogP contribution in [0.2, 0.25) is 0 Å². The second-order valence-corrected chi connectivity index (χ2v) is 6.22. The maximum Gasteiger partial charge on any atom is 0.397 e. The normalized spacial score (nSPS) is 12.2. The number of amides is 1. The lowest BCUT2D eigenvalue weighted by molar-refractivity contribution is -0.167. The second-order valence-electron chi connectivity index (χ2n) is 6.22. The molecule has 4 heteroatoms. The molecule has 0 aliphatic carbocycles.